The van der Waals surface area contributed by atoms with Gasteiger partial charge in [0.05, 0.1) is 0 Å². The van der Waals surface area contributed by atoms with Crippen LogP contribution in [0.4, 0.5) is 0 Å². The zero-order valence-electron chi connectivity index (χ0n) is 11.0. The van der Waals surface area contributed by atoms with Crippen LogP contribution in [0.1, 0.15) is 65.2 Å². The average molecular weight is 211 g/mol. The van der Waals surface area contributed by atoms with Crippen molar-refractivity contribution in [3.8, 4) is 0 Å². The van der Waals surface area contributed by atoms with E-state index < -0.39 is 0 Å². The summed E-state index contributed by atoms with van der Waals surface area (Å²) in [6.07, 6.45) is 11.5. The van der Waals surface area contributed by atoms with E-state index in [0.717, 1.165) is 12.0 Å². The molecular formula is C14H29N. The van der Waals surface area contributed by atoms with Gasteiger partial charge in [-0.1, -0.05) is 46.0 Å². The average Bonchev–Trinajstić information content (AvgIpc) is 2.25. The van der Waals surface area contributed by atoms with Crippen molar-refractivity contribution in [3.63, 3.8) is 0 Å². The first-order chi connectivity index (χ1) is 7.20. The summed E-state index contributed by atoms with van der Waals surface area (Å²) < 4.78 is 0. The minimum Gasteiger partial charge on any atom is -0.303 e. The third-order valence-electron chi connectivity index (χ3n) is 3.74. The van der Waals surface area contributed by atoms with Crippen molar-refractivity contribution in [2.45, 2.75) is 71.3 Å². The van der Waals surface area contributed by atoms with Crippen LogP contribution in [0, 0.1) is 5.92 Å². The number of hydrogen-bond acceptors (Lipinski definition) is 1. The molecular weight excluding hydrogens is 182 g/mol. The van der Waals surface area contributed by atoms with E-state index in [2.05, 4.69) is 25.8 Å². The lowest BCUT2D eigenvalue weighted by Gasteiger charge is -2.31. The van der Waals surface area contributed by atoms with Gasteiger partial charge in [0.15, 0.2) is 0 Å². The zero-order valence-corrected chi connectivity index (χ0v) is 11.0. The van der Waals surface area contributed by atoms with Crippen LogP contribution in [0.2, 0.25) is 0 Å². The summed E-state index contributed by atoms with van der Waals surface area (Å²) in [4.78, 5) is 2.61. The maximum atomic E-state index is 2.61. The molecule has 0 saturated heterocycles. The van der Waals surface area contributed by atoms with Gasteiger partial charge in [0.1, 0.15) is 0 Å². The Morgan fingerprint density at radius 2 is 1.73 bits per heavy atom. The van der Waals surface area contributed by atoms with Gasteiger partial charge in [-0.2, -0.15) is 0 Å². The highest BCUT2D eigenvalue weighted by molar-refractivity contribution is 4.73. The first kappa shape index (κ1) is 13.0. The van der Waals surface area contributed by atoms with E-state index in [9.17, 15) is 0 Å². The second kappa shape index (κ2) is 7.27. The number of unbranched alkanes of at least 4 members (excludes halogenated alkanes) is 1. The van der Waals surface area contributed by atoms with E-state index in [4.69, 9.17) is 0 Å². The third-order valence-corrected chi connectivity index (χ3v) is 3.74. The molecule has 1 aliphatic carbocycles. The summed E-state index contributed by atoms with van der Waals surface area (Å²) in [6, 6.07) is 0.901. The lowest BCUT2D eigenvalue weighted by Crippen LogP contribution is -2.34. The summed E-state index contributed by atoms with van der Waals surface area (Å²) in [5.74, 6) is 0.880. The van der Waals surface area contributed by atoms with Crippen LogP contribution >= 0.6 is 0 Å². The van der Waals surface area contributed by atoms with Crippen LogP contribution < -0.4 is 0 Å². The second-order valence-electron chi connectivity index (χ2n) is 5.66. The monoisotopic (exact) mass is 211 g/mol. The zero-order chi connectivity index (χ0) is 11.1. The van der Waals surface area contributed by atoms with Gasteiger partial charge in [-0.15, -0.1) is 0 Å². The smallest absolute Gasteiger partial charge is 0.00922 e. The number of rotatable bonds is 6. The Hall–Kier alpha value is -0.0400. The molecule has 90 valence electrons. The minimum absolute atomic E-state index is 0.880. The molecule has 1 saturated carbocycles. The van der Waals surface area contributed by atoms with Crippen LogP contribution in [0.5, 0.6) is 0 Å². The number of nitrogens with zero attached hydrogens (tertiary/aromatic N) is 1. The summed E-state index contributed by atoms with van der Waals surface area (Å²) >= 11 is 0. The molecule has 0 N–H and O–H groups in total. The molecule has 0 spiro atoms. The van der Waals surface area contributed by atoms with Crippen molar-refractivity contribution < 1.29 is 0 Å². The van der Waals surface area contributed by atoms with E-state index in [1.165, 1.54) is 57.9 Å². The van der Waals surface area contributed by atoms with E-state index >= 15 is 0 Å². The molecule has 0 aromatic heterocycles. The van der Waals surface area contributed by atoms with Gasteiger partial charge in [0.25, 0.3) is 0 Å². The molecule has 1 aliphatic rings. The van der Waals surface area contributed by atoms with Gasteiger partial charge in [-0.3, -0.25) is 0 Å². The molecule has 0 heterocycles. The van der Waals surface area contributed by atoms with Gasteiger partial charge in [0.2, 0.25) is 0 Å². The SMILES string of the molecule is CC(C)CCCCN(C)C1CCCCC1. The van der Waals surface area contributed by atoms with E-state index in [1.54, 1.807) is 0 Å². The molecule has 1 fully saturated rings. The Balaban J connectivity index is 2.04. The predicted octanol–water partition coefficient (Wildman–Crippen LogP) is 4.08. The highest BCUT2D eigenvalue weighted by Gasteiger charge is 2.16. The molecule has 0 amide bonds. The lowest BCUT2D eigenvalue weighted by atomic mass is 9.94. The minimum atomic E-state index is 0.880. The van der Waals surface area contributed by atoms with Crippen molar-refractivity contribution in [2.75, 3.05) is 13.6 Å². The molecule has 1 heteroatoms. The summed E-state index contributed by atoms with van der Waals surface area (Å²) in [7, 11) is 2.32. The molecule has 0 radical (unpaired) electrons. The molecule has 0 atom stereocenters. The van der Waals surface area contributed by atoms with Crippen molar-refractivity contribution in [2.24, 2.45) is 5.92 Å². The molecule has 0 aromatic carbocycles. The highest BCUT2D eigenvalue weighted by atomic mass is 15.1. The summed E-state index contributed by atoms with van der Waals surface area (Å²) in [5.41, 5.74) is 0. The standard InChI is InChI=1S/C14H29N/c1-13(2)9-7-8-12-15(3)14-10-5-4-6-11-14/h13-14H,4-12H2,1-3H3. The first-order valence-corrected chi connectivity index (χ1v) is 6.90. The van der Waals surface area contributed by atoms with Crippen molar-refractivity contribution in [1.29, 1.82) is 0 Å². The van der Waals surface area contributed by atoms with Gasteiger partial charge in [-0.05, 0) is 38.8 Å². The Morgan fingerprint density at radius 3 is 2.33 bits per heavy atom. The van der Waals surface area contributed by atoms with E-state index in [0.29, 0.717) is 0 Å². The Kier molecular flexibility index (Phi) is 6.31. The molecule has 15 heavy (non-hydrogen) atoms. The Bertz CT molecular complexity index is 147. The lowest BCUT2D eigenvalue weighted by molar-refractivity contribution is 0.188. The van der Waals surface area contributed by atoms with E-state index in [1.807, 2.05) is 0 Å². The molecule has 0 unspecified atom stereocenters. The fourth-order valence-corrected chi connectivity index (χ4v) is 2.62. The highest BCUT2D eigenvalue weighted by Crippen LogP contribution is 2.21. The topological polar surface area (TPSA) is 3.24 Å². The Morgan fingerprint density at radius 1 is 1.07 bits per heavy atom. The summed E-state index contributed by atoms with van der Waals surface area (Å²) in [5, 5.41) is 0. The molecule has 0 aromatic rings. The maximum Gasteiger partial charge on any atom is 0.00922 e. The van der Waals surface area contributed by atoms with Crippen molar-refractivity contribution in [3.05, 3.63) is 0 Å². The molecule has 1 nitrogen and oxygen atoms in total. The fraction of sp³-hybridized carbons (Fsp3) is 1.00. The number of hydrogen-bond donors (Lipinski definition) is 0. The second-order valence-corrected chi connectivity index (χ2v) is 5.66. The first-order valence-electron chi connectivity index (χ1n) is 6.90. The van der Waals surface area contributed by atoms with Gasteiger partial charge in [-0.25, -0.2) is 0 Å². The summed E-state index contributed by atoms with van der Waals surface area (Å²) in [6.45, 7) is 5.97. The predicted molar refractivity (Wildman–Crippen MR) is 68.2 cm³/mol. The maximum absolute atomic E-state index is 2.61. The van der Waals surface area contributed by atoms with Crippen LogP contribution in [0.15, 0.2) is 0 Å². The largest absolute Gasteiger partial charge is 0.303 e. The van der Waals surface area contributed by atoms with Crippen LogP contribution in [-0.4, -0.2) is 24.5 Å². The van der Waals surface area contributed by atoms with Gasteiger partial charge in [0, 0.05) is 6.04 Å². The van der Waals surface area contributed by atoms with E-state index in [-0.39, 0.29) is 0 Å². The van der Waals surface area contributed by atoms with Crippen LogP contribution in [0.3, 0.4) is 0 Å². The fourth-order valence-electron chi connectivity index (χ4n) is 2.62. The van der Waals surface area contributed by atoms with Crippen molar-refractivity contribution >= 4 is 0 Å². The molecule has 0 aliphatic heterocycles. The Labute approximate surface area is 96.2 Å². The normalized spacial score (nSPS) is 19.0. The van der Waals surface area contributed by atoms with Gasteiger partial charge >= 0.3 is 0 Å². The molecule has 0 bridgehead atoms. The van der Waals surface area contributed by atoms with Crippen molar-refractivity contribution in [1.82, 2.24) is 4.90 Å². The quantitative estimate of drug-likeness (QED) is 0.598. The van der Waals surface area contributed by atoms with Crippen LogP contribution in [-0.2, 0) is 0 Å². The van der Waals surface area contributed by atoms with Gasteiger partial charge < -0.3 is 4.90 Å². The third kappa shape index (κ3) is 5.55. The molecule has 1 rings (SSSR count). The van der Waals surface area contributed by atoms with Crippen LogP contribution in [0.25, 0.3) is 0 Å².